The van der Waals surface area contributed by atoms with Gasteiger partial charge in [0, 0.05) is 0 Å². The zero-order valence-electron chi connectivity index (χ0n) is 6.58. The van der Waals surface area contributed by atoms with E-state index in [9.17, 15) is 4.79 Å². The maximum Gasteiger partial charge on any atom is 0.307 e. The first-order valence-corrected chi connectivity index (χ1v) is 4.04. The van der Waals surface area contributed by atoms with E-state index in [1.165, 1.54) is 0 Å². The van der Waals surface area contributed by atoms with Gasteiger partial charge in [-0.25, -0.2) is 0 Å². The lowest BCUT2D eigenvalue weighted by molar-refractivity contribution is -0.144. The summed E-state index contributed by atoms with van der Waals surface area (Å²) in [4.78, 5) is 10.8. The Morgan fingerprint density at radius 3 is 2.73 bits per heavy atom. The summed E-state index contributed by atoms with van der Waals surface area (Å²) in [5.74, 6) is -0.210. The van der Waals surface area contributed by atoms with Crippen LogP contribution >= 0.6 is 0 Å². The number of hydrogen-bond acceptors (Lipinski definition) is 1. The van der Waals surface area contributed by atoms with Gasteiger partial charge in [0.2, 0.25) is 0 Å². The van der Waals surface area contributed by atoms with Gasteiger partial charge in [-0.05, 0) is 24.2 Å². The van der Waals surface area contributed by atoms with Crippen molar-refractivity contribution in [2.24, 2.45) is 17.3 Å². The summed E-state index contributed by atoms with van der Waals surface area (Å²) in [5, 5.41) is 8.87. The van der Waals surface area contributed by atoms with Crippen LogP contribution in [0.5, 0.6) is 0 Å². The van der Waals surface area contributed by atoms with E-state index in [2.05, 4.69) is 19.1 Å². The number of fused-ring (bicyclic) bond motifs is 2. The fourth-order valence-electron chi connectivity index (χ4n) is 2.43. The molecule has 60 valence electrons. The summed E-state index contributed by atoms with van der Waals surface area (Å²) in [7, 11) is 0. The highest BCUT2D eigenvalue weighted by Gasteiger charge is 2.48. The lowest BCUT2D eigenvalue weighted by Gasteiger charge is -2.23. The van der Waals surface area contributed by atoms with Crippen LogP contribution < -0.4 is 0 Å². The first-order valence-electron chi connectivity index (χ1n) is 4.04. The van der Waals surface area contributed by atoms with Crippen LogP contribution in [-0.4, -0.2) is 11.1 Å². The largest absolute Gasteiger partial charge is 0.481 e. The van der Waals surface area contributed by atoms with Crippen molar-refractivity contribution in [3.63, 3.8) is 0 Å². The molecule has 0 saturated heterocycles. The molecule has 2 bridgehead atoms. The zero-order valence-corrected chi connectivity index (χ0v) is 6.58. The number of carboxylic acid groups (broad SMARTS) is 1. The number of hydrogen-bond donors (Lipinski definition) is 1. The van der Waals surface area contributed by atoms with Crippen molar-refractivity contribution in [2.45, 2.75) is 19.8 Å². The van der Waals surface area contributed by atoms with E-state index in [1.54, 1.807) is 0 Å². The molecule has 2 aliphatic rings. The third kappa shape index (κ3) is 0.817. The fraction of sp³-hybridized carbons (Fsp3) is 0.667. The van der Waals surface area contributed by atoms with Crippen LogP contribution in [0.4, 0.5) is 0 Å². The highest BCUT2D eigenvalue weighted by Crippen LogP contribution is 2.52. The monoisotopic (exact) mass is 152 g/mol. The lowest BCUT2D eigenvalue weighted by Crippen LogP contribution is -2.26. The minimum absolute atomic E-state index is 0.0312. The Hall–Kier alpha value is -0.790. The topological polar surface area (TPSA) is 37.3 Å². The minimum Gasteiger partial charge on any atom is -0.481 e. The van der Waals surface area contributed by atoms with E-state index in [0.29, 0.717) is 5.92 Å². The zero-order chi connectivity index (χ0) is 8.06. The molecule has 11 heavy (non-hydrogen) atoms. The van der Waals surface area contributed by atoms with Gasteiger partial charge in [-0.3, -0.25) is 4.79 Å². The van der Waals surface area contributed by atoms with Crippen molar-refractivity contribution in [2.75, 3.05) is 0 Å². The highest BCUT2D eigenvalue weighted by atomic mass is 16.4. The van der Waals surface area contributed by atoms with Crippen LogP contribution in [0.25, 0.3) is 0 Å². The smallest absolute Gasteiger partial charge is 0.307 e. The molecule has 2 aliphatic carbocycles. The second-order valence-corrected chi connectivity index (χ2v) is 3.96. The molecule has 0 amide bonds. The Balaban J connectivity index is 2.29. The predicted molar refractivity (Wildman–Crippen MR) is 41.1 cm³/mol. The number of aliphatic carboxylic acids is 1. The van der Waals surface area contributed by atoms with Gasteiger partial charge in [0.25, 0.3) is 0 Å². The van der Waals surface area contributed by atoms with Gasteiger partial charge in [0.1, 0.15) is 0 Å². The summed E-state index contributed by atoms with van der Waals surface area (Å²) in [5.41, 5.74) is -0.0312. The Morgan fingerprint density at radius 1 is 1.73 bits per heavy atom. The van der Waals surface area contributed by atoms with E-state index in [1.807, 2.05) is 0 Å². The molecular formula is C9H12O2. The summed E-state index contributed by atoms with van der Waals surface area (Å²) >= 11 is 0. The van der Waals surface area contributed by atoms with Crippen LogP contribution in [0.1, 0.15) is 19.8 Å². The maximum atomic E-state index is 10.8. The molecule has 0 aromatic carbocycles. The van der Waals surface area contributed by atoms with Gasteiger partial charge in [0.15, 0.2) is 0 Å². The normalized spacial score (nSPS) is 46.6. The molecular weight excluding hydrogens is 140 g/mol. The van der Waals surface area contributed by atoms with E-state index in [-0.39, 0.29) is 11.3 Å². The average Bonchev–Trinajstić information content (AvgIpc) is 2.41. The quantitative estimate of drug-likeness (QED) is 0.580. The molecule has 2 rings (SSSR count). The predicted octanol–water partition coefficient (Wildman–Crippen LogP) is 1.67. The number of carbonyl (C=O) groups is 1. The second kappa shape index (κ2) is 1.87. The molecule has 0 aliphatic heterocycles. The molecule has 2 nitrogen and oxygen atoms in total. The number of allylic oxidation sites excluding steroid dienone is 2. The standard InChI is InChI=1S/C9H12O2/c1-9-3-2-6(5-9)4-7(9)8(10)11/h2-3,6-7H,4-5H2,1H3,(H,10,11). The average molecular weight is 152 g/mol. The van der Waals surface area contributed by atoms with E-state index >= 15 is 0 Å². The SMILES string of the molecule is CC12C=CC(CC1C(=O)O)C2. The molecule has 0 heterocycles. The third-order valence-electron chi connectivity index (χ3n) is 3.08. The highest BCUT2D eigenvalue weighted by molar-refractivity contribution is 5.72. The molecule has 3 atom stereocenters. The molecule has 3 unspecified atom stereocenters. The van der Waals surface area contributed by atoms with Crippen molar-refractivity contribution in [3.05, 3.63) is 12.2 Å². The number of rotatable bonds is 1. The fourth-order valence-corrected chi connectivity index (χ4v) is 2.43. The molecule has 2 heteroatoms. The van der Waals surface area contributed by atoms with Crippen LogP contribution in [-0.2, 0) is 4.79 Å². The van der Waals surface area contributed by atoms with Crippen molar-refractivity contribution in [1.29, 1.82) is 0 Å². The summed E-state index contributed by atoms with van der Waals surface area (Å²) < 4.78 is 0. The Bertz CT molecular complexity index is 232. The van der Waals surface area contributed by atoms with Gasteiger partial charge in [-0.1, -0.05) is 19.1 Å². The van der Waals surface area contributed by atoms with Gasteiger partial charge in [-0.2, -0.15) is 0 Å². The van der Waals surface area contributed by atoms with Gasteiger partial charge in [0.05, 0.1) is 5.92 Å². The second-order valence-electron chi connectivity index (χ2n) is 3.96. The Kier molecular flexibility index (Phi) is 1.17. The van der Waals surface area contributed by atoms with Crippen LogP contribution in [0.2, 0.25) is 0 Å². The van der Waals surface area contributed by atoms with Gasteiger partial charge < -0.3 is 5.11 Å². The summed E-state index contributed by atoms with van der Waals surface area (Å²) in [6.07, 6.45) is 6.14. The van der Waals surface area contributed by atoms with E-state index in [0.717, 1.165) is 12.8 Å². The van der Waals surface area contributed by atoms with Crippen LogP contribution in [0.3, 0.4) is 0 Å². The molecule has 0 spiro atoms. The van der Waals surface area contributed by atoms with Crippen LogP contribution in [0.15, 0.2) is 12.2 Å². The van der Waals surface area contributed by atoms with Crippen molar-refractivity contribution >= 4 is 5.97 Å². The third-order valence-corrected chi connectivity index (χ3v) is 3.08. The molecule has 0 radical (unpaired) electrons. The molecule has 1 saturated carbocycles. The summed E-state index contributed by atoms with van der Waals surface area (Å²) in [6.45, 7) is 2.05. The van der Waals surface area contributed by atoms with E-state index in [4.69, 9.17) is 5.11 Å². The Labute approximate surface area is 65.9 Å². The maximum absolute atomic E-state index is 10.8. The van der Waals surface area contributed by atoms with Crippen molar-refractivity contribution in [1.82, 2.24) is 0 Å². The minimum atomic E-state index is -0.626. The number of carboxylic acids is 1. The Morgan fingerprint density at radius 2 is 2.45 bits per heavy atom. The lowest BCUT2D eigenvalue weighted by atomic mass is 9.80. The first-order chi connectivity index (χ1) is 5.12. The van der Waals surface area contributed by atoms with Gasteiger partial charge >= 0.3 is 5.97 Å². The molecule has 0 aromatic rings. The van der Waals surface area contributed by atoms with Crippen molar-refractivity contribution < 1.29 is 9.90 Å². The van der Waals surface area contributed by atoms with E-state index < -0.39 is 5.97 Å². The molecule has 1 fully saturated rings. The first kappa shape index (κ1) is 6.89. The van der Waals surface area contributed by atoms with Crippen molar-refractivity contribution in [3.8, 4) is 0 Å². The molecule has 0 aromatic heterocycles. The summed E-state index contributed by atoms with van der Waals surface area (Å²) in [6, 6.07) is 0. The molecule has 1 N–H and O–H groups in total. The van der Waals surface area contributed by atoms with Crippen LogP contribution in [0, 0.1) is 17.3 Å². The van der Waals surface area contributed by atoms with Gasteiger partial charge in [-0.15, -0.1) is 0 Å².